The van der Waals surface area contributed by atoms with Crippen LogP contribution in [0, 0.1) is 11.6 Å². The number of esters is 1. The van der Waals surface area contributed by atoms with E-state index in [0.717, 1.165) is 17.3 Å². The van der Waals surface area contributed by atoms with Gasteiger partial charge in [0.2, 0.25) is 0 Å². The van der Waals surface area contributed by atoms with Crippen LogP contribution in [0.4, 0.5) is 26.0 Å². The topological polar surface area (TPSA) is 76.6 Å². The van der Waals surface area contributed by atoms with E-state index in [1.165, 1.54) is 24.5 Å². The lowest BCUT2D eigenvalue weighted by Gasteiger charge is -2.30. The van der Waals surface area contributed by atoms with Crippen LogP contribution in [0.15, 0.2) is 85.2 Å². The molecule has 0 radical (unpaired) electrons. The third-order valence-electron chi connectivity index (χ3n) is 6.94. The van der Waals surface area contributed by atoms with Gasteiger partial charge in [0.25, 0.3) is 0 Å². The lowest BCUT2D eigenvalue weighted by atomic mass is 9.79. The molecule has 0 fully saturated rings. The molecule has 4 rings (SSSR count). The Balaban J connectivity index is 1.67. The molecule has 0 spiro atoms. The summed E-state index contributed by atoms with van der Waals surface area (Å²) in [5.74, 6) is -0.888. The Morgan fingerprint density at radius 3 is 2.35 bits per heavy atom. The van der Waals surface area contributed by atoms with Crippen molar-refractivity contribution < 1.29 is 23.0 Å². The molecular weight excluding hydrogens is 514 g/mol. The molecule has 208 valence electrons. The molecule has 0 unspecified atom stereocenters. The number of aromatic nitrogens is 2. The number of carbonyl (C=O) groups is 1. The second-order valence-corrected chi connectivity index (χ2v) is 9.20. The van der Waals surface area contributed by atoms with Gasteiger partial charge in [0.05, 0.1) is 24.7 Å². The van der Waals surface area contributed by atoms with Crippen molar-refractivity contribution >= 4 is 23.2 Å². The highest BCUT2D eigenvalue weighted by molar-refractivity contribution is 5.82. The van der Waals surface area contributed by atoms with E-state index in [4.69, 9.17) is 14.5 Å². The van der Waals surface area contributed by atoms with Gasteiger partial charge in [0, 0.05) is 24.5 Å². The SMILES string of the molecule is CCC(CC)(C(=O)OCNc1ccccc1)c1cncc(N(Cc2ccc(OC)cc2)c2ccc(F)cc2F)n1. The lowest BCUT2D eigenvalue weighted by Crippen LogP contribution is -2.38. The van der Waals surface area contributed by atoms with Crippen LogP contribution >= 0.6 is 0 Å². The zero-order valence-corrected chi connectivity index (χ0v) is 22.7. The fraction of sp³-hybridized carbons (Fsp3) is 0.258. The van der Waals surface area contributed by atoms with Crippen molar-refractivity contribution in [3.05, 3.63) is 108 Å². The van der Waals surface area contributed by atoms with Gasteiger partial charge in [-0.1, -0.05) is 44.2 Å². The van der Waals surface area contributed by atoms with Gasteiger partial charge in [-0.2, -0.15) is 0 Å². The number of rotatable bonds is 12. The number of ether oxygens (including phenoxy) is 2. The van der Waals surface area contributed by atoms with Gasteiger partial charge in [0.15, 0.2) is 12.5 Å². The van der Waals surface area contributed by atoms with Crippen molar-refractivity contribution in [2.45, 2.75) is 38.6 Å². The van der Waals surface area contributed by atoms with Gasteiger partial charge in [-0.15, -0.1) is 0 Å². The monoisotopic (exact) mass is 546 g/mol. The van der Waals surface area contributed by atoms with Gasteiger partial charge >= 0.3 is 5.97 Å². The molecule has 0 bridgehead atoms. The molecule has 0 aliphatic heterocycles. The van der Waals surface area contributed by atoms with Crippen LogP contribution in [0.25, 0.3) is 0 Å². The lowest BCUT2D eigenvalue weighted by molar-refractivity contribution is -0.150. The second kappa shape index (κ2) is 13.0. The fourth-order valence-electron chi connectivity index (χ4n) is 4.50. The molecule has 4 aromatic rings. The smallest absolute Gasteiger partial charge is 0.319 e. The molecule has 1 aromatic heterocycles. The number of nitrogens with one attached hydrogen (secondary N) is 1. The summed E-state index contributed by atoms with van der Waals surface area (Å²) in [7, 11) is 1.58. The Morgan fingerprint density at radius 1 is 0.975 bits per heavy atom. The molecule has 40 heavy (non-hydrogen) atoms. The minimum atomic E-state index is -1.07. The number of methoxy groups -OCH3 is 1. The van der Waals surface area contributed by atoms with Crippen molar-refractivity contribution in [1.29, 1.82) is 0 Å². The van der Waals surface area contributed by atoms with Crippen molar-refractivity contribution in [2.75, 3.05) is 24.1 Å². The molecule has 0 aliphatic rings. The minimum absolute atomic E-state index is 0.0118. The number of benzene rings is 3. The second-order valence-electron chi connectivity index (χ2n) is 9.20. The Kier molecular flexibility index (Phi) is 9.27. The Morgan fingerprint density at radius 2 is 1.70 bits per heavy atom. The van der Waals surface area contributed by atoms with Gasteiger partial charge in [-0.05, 0) is 54.8 Å². The third-order valence-corrected chi connectivity index (χ3v) is 6.94. The van der Waals surface area contributed by atoms with Gasteiger partial charge in [-0.25, -0.2) is 13.8 Å². The molecule has 0 atom stereocenters. The highest BCUT2D eigenvalue weighted by atomic mass is 19.1. The predicted molar refractivity (Wildman–Crippen MR) is 151 cm³/mol. The molecular formula is C31H32F2N4O3. The van der Waals surface area contributed by atoms with Crippen molar-refractivity contribution in [3.63, 3.8) is 0 Å². The molecule has 1 N–H and O–H groups in total. The number of anilines is 3. The van der Waals surface area contributed by atoms with E-state index in [1.807, 2.05) is 56.3 Å². The summed E-state index contributed by atoms with van der Waals surface area (Å²) < 4.78 is 39.7. The zero-order valence-electron chi connectivity index (χ0n) is 22.7. The molecule has 0 saturated heterocycles. The minimum Gasteiger partial charge on any atom is -0.497 e. The van der Waals surface area contributed by atoms with Gasteiger partial charge in [-0.3, -0.25) is 9.78 Å². The van der Waals surface area contributed by atoms with Crippen LogP contribution in [-0.4, -0.2) is 29.8 Å². The molecule has 3 aromatic carbocycles. The summed E-state index contributed by atoms with van der Waals surface area (Å²) in [4.78, 5) is 24.2. The van der Waals surface area contributed by atoms with Crippen molar-refractivity contribution in [1.82, 2.24) is 9.97 Å². The average molecular weight is 547 g/mol. The molecule has 0 aliphatic carbocycles. The number of halogens is 2. The summed E-state index contributed by atoms with van der Waals surface area (Å²) in [5.41, 5.74) is 1.11. The number of carbonyl (C=O) groups excluding carboxylic acids is 1. The molecule has 0 saturated carbocycles. The Hall–Kier alpha value is -4.53. The molecule has 1 heterocycles. The maximum Gasteiger partial charge on any atom is 0.319 e. The van der Waals surface area contributed by atoms with E-state index in [1.54, 1.807) is 24.1 Å². The normalized spacial score (nSPS) is 11.1. The maximum absolute atomic E-state index is 15.1. The summed E-state index contributed by atoms with van der Waals surface area (Å²) in [5, 5.41) is 3.08. The van der Waals surface area contributed by atoms with Crippen molar-refractivity contribution in [3.8, 4) is 5.75 Å². The van der Waals surface area contributed by atoms with Gasteiger partial charge in [0.1, 0.15) is 22.8 Å². The zero-order chi connectivity index (χ0) is 28.5. The summed E-state index contributed by atoms with van der Waals surface area (Å²) in [6, 6.07) is 20.1. The van der Waals surface area contributed by atoms with Crippen molar-refractivity contribution in [2.24, 2.45) is 0 Å². The summed E-state index contributed by atoms with van der Waals surface area (Å²) in [6.07, 6.45) is 3.85. The number of hydrogen-bond acceptors (Lipinski definition) is 7. The van der Waals surface area contributed by atoms with Gasteiger partial charge < -0.3 is 19.7 Å². The van der Waals surface area contributed by atoms with Crippen LogP contribution in [0.5, 0.6) is 5.75 Å². The first kappa shape index (κ1) is 28.5. The number of nitrogens with zero attached hydrogens (tertiary/aromatic N) is 3. The van der Waals surface area contributed by atoms with E-state index < -0.39 is 23.0 Å². The Labute approximate surface area is 232 Å². The number of para-hydroxylation sites is 1. The van der Waals surface area contributed by atoms with Crippen LogP contribution in [0.2, 0.25) is 0 Å². The maximum atomic E-state index is 15.1. The van der Waals surface area contributed by atoms with E-state index >= 15 is 4.39 Å². The first-order valence-corrected chi connectivity index (χ1v) is 13.0. The standard InChI is InChI=1S/C31H32F2N4O3/c1-4-31(5-2,30(38)40-21-35-24-9-7-6-8-10-24)28-18-34-19-29(36-28)37(27-16-13-23(32)17-26(27)33)20-22-11-14-25(39-3)15-12-22/h6-19,35H,4-5,20-21H2,1-3H3. The van der Waals surface area contributed by atoms with E-state index in [-0.39, 0.29) is 19.0 Å². The van der Waals surface area contributed by atoms with Crippen LogP contribution in [-0.2, 0) is 21.5 Å². The highest BCUT2D eigenvalue weighted by Crippen LogP contribution is 2.35. The first-order valence-electron chi connectivity index (χ1n) is 13.0. The molecule has 0 amide bonds. The summed E-state index contributed by atoms with van der Waals surface area (Å²) >= 11 is 0. The fourth-order valence-corrected chi connectivity index (χ4v) is 4.50. The molecule has 7 nitrogen and oxygen atoms in total. The largest absolute Gasteiger partial charge is 0.497 e. The van der Waals surface area contributed by atoms with Crippen LogP contribution in [0.3, 0.4) is 0 Å². The Bertz CT molecular complexity index is 1410. The van der Waals surface area contributed by atoms with Crippen LogP contribution < -0.4 is 15.0 Å². The van der Waals surface area contributed by atoms with Crippen LogP contribution in [0.1, 0.15) is 37.9 Å². The van der Waals surface area contributed by atoms with E-state index in [9.17, 15) is 9.18 Å². The average Bonchev–Trinajstić information content (AvgIpc) is 2.98. The first-order chi connectivity index (χ1) is 19.4. The predicted octanol–water partition coefficient (Wildman–Crippen LogP) is 6.77. The quantitative estimate of drug-likeness (QED) is 0.155. The van der Waals surface area contributed by atoms with E-state index in [0.29, 0.717) is 30.1 Å². The van der Waals surface area contributed by atoms with E-state index in [2.05, 4.69) is 10.3 Å². The molecule has 9 heteroatoms. The number of hydrogen-bond donors (Lipinski definition) is 1. The third kappa shape index (κ3) is 6.36. The summed E-state index contributed by atoms with van der Waals surface area (Å²) in [6.45, 7) is 3.97. The highest BCUT2D eigenvalue weighted by Gasteiger charge is 2.41.